The third-order valence-corrected chi connectivity index (χ3v) is 3.00. The Kier molecular flexibility index (Phi) is 1.92. The van der Waals surface area contributed by atoms with Crippen molar-refractivity contribution in [3.05, 3.63) is 28.5 Å². The van der Waals surface area contributed by atoms with E-state index in [1.54, 1.807) is 17.5 Å². The summed E-state index contributed by atoms with van der Waals surface area (Å²) >= 11 is 1.60. The maximum Gasteiger partial charge on any atom is 0.210 e. The molecule has 0 saturated carbocycles. The summed E-state index contributed by atoms with van der Waals surface area (Å²) in [5, 5.41) is 7.31. The standard InChI is InChI=1S/C9H11N3S/c1-6-7(2)11-12(8(6)3)9-10-4-5-13-9/h4-5H,1-3H3. The molecule has 0 aromatic carbocycles. The molecule has 0 saturated heterocycles. The van der Waals surface area contributed by atoms with E-state index in [1.807, 2.05) is 17.0 Å². The van der Waals surface area contributed by atoms with Crippen molar-refractivity contribution in [1.82, 2.24) is 14.8 Å². The lowest BCUT2D eigenvalue weighted by molar-refractivity contribution is 0.825. The van der Waals surface area contributed by atoms with Gasteiger partial charge >= 0.3 is 0 Å². The van der Waals surface area contributed by atoms with Gasteiger partial charge in [0.15, 0.2) is 0 Å². The van der Waals surface area contributed by atoms with Crippen molar-refractivity contribution in [2.24, 2.45) is 0 Å². The van der Waals surface area contributed by atoms with Crippen LogP contribution in [0.5, 0.6) is 0 Å². The molecule has 0 spiro atoms. The third kappa shape index (κ3) is 1.27. The highest BCUT2D eigenvalue weighted by atomic mass is 32.1. The first-order valence-corrected chi connectivity index (χ1v) is 5.01. The molecule has 0 atom stereocenters. The average molecular weight is 193 g/mol. The highest BCUT2D eigenvalue weighted by Crippen LogP contribution is 2.17. The molecule has 0 N–H and O–H groups in total. The van der Waals surface area contributed by atoms with E-state index in [4.69, 9.17) is 0 Å². The third-order valence-electron chi connectivity index (χ3n) is 2.25. The highest BCUT2D eigenvalue weighted by Gasteiger charge is 2.09. The van der Waals surface area contributed by atoms with Crippen LogP contribution >= 0.6 is 11.3 Å². The van der Waals surface area contributed by atoms with Crippen molar-refractivity contribution in [2.45, 2.75) is 20.8 Å². The van der Waals surface area contributed by atoms with Crippen molar-refractivity contribution in [3.8, 4) is 5.13 Å². The van der Waals surface area contributed by atoms with Crippen LogP contribution in [0, 0.1) is 20.8 Å². The summed E-state index contributed by atoms with van der Waals surface area (Å²) in [5.74, 6) is 0. The van der Waals surface area contributed by atoms with Crippen molar-refractivity contribution in [1.29, 1.82) is 0 Å². The zero-order valence-electron chi connectivity index (χ0n) is 7.90. The van der Waals surface area contributed by atoms with E-state index in [-0.39, 0.29) is 0 Å². The Morgan fingerprint density at radius 3 is 2.54 bits per heavy atom. The predicted molar refractivity (Wildman–Crippen MR) is 53.4 cm³/mol. The number of aryl methyl sites for hydroxylation is 1. The molecule has 2 aromatic heterocycles. The Bertz CT molecular complexity index is 414. The van der Waals surface area contributed by atoms with Crippen LogP contribution in [0.25, 0.3) is 5.13 Å². The molecule has 0 bridgehead atoms. The van der Waals surface area contributed by atoms with Gasteiger partial charge in [0.05, 0.1) is 5.69 Å². The lowest BCUT2D eigenvalue weighted by atomic mass is 10.2. The van der Waals surface area contributed by atoms with Gasteiger partial charge in [-0.15, -0.1) is 11.3 Å². The van der Waals surface area contributed by atoms with E-state index in [1.165, 1.54) is 11.3 Å². The van der Waals surface area contributed by atoms with Crippen molar-refractivity contribution >= 4 is 11.3 Å². The van der Waals surface area contributed by atoms with E-state index in [0.29, 0.717) is 0 Å². The normalized spacial score (nSPS) is 10.7. The fourth-order valence-corrected chi connectivity index (χ4v) is 1.87. The van der Waals surface area contributed by atoms with Gasteiger partial charge in [0.2, 0.25) is 5.13 Å². The molecule has 2 rings (SSSR count). The highest BCUT2D eigenvalue weighted by molar-refractivity contribution is 7.12. The second-order valence-electron chi connectivity index (χ2n) is 3.02. The van der Waals surface area contributed by atoms with Gasteiger partial charge < -0.3 is 0 Å². The zero-order valence-corrected chi connectivity index (χ0v) is 8.72. The first-order chi connectivity index (χ1) is 6.20. The van der Waals surface area contributed by atoms with Crippen LogP contribution in [0.2, 0.25) is 0 Å². The lowest BCUT2D eigenvalue weighted by Crippen LogP contribution is -1.97. The Labute approximate surface area is 81.1 Å². The molecule has 0 aliphatic carbocycles. The Morgan fingerprint density at radius 2 is 2.08 bits per heavy atom. The van der Waals surface area contributed by atoms with Crippen LogP contribution in [-0.4, -0.2) is 14.8 Å². The molecule has 4 heteroatoms. The molecule has 0 radical (unpaired) electrons. The summed E-state index contributed by atoms with van der Waals surface area (Å²) < 4.78 is 1.90. The van der Waals surface area contributed by atoms with Crippen LogP contribution in [0.15, 0.2) is 11.6 Å². The summed E-state index contributed by atoms with van der Waals surface area (Å²) in [6, 6.07) is 0. The summed E-state index contributed by atoms with van der Waals surface area (Å²) in [4.78, 5) is 4.22. The molecule has 3 nitrogen and oxygen atoms in total. The number of rotatable bonds is 1. The minimum absolute atomic E-state index is 0.939. The van der Waals surface area contributed by atoms with Gasteiger partial charge in [0, 0.05) is 17.3 Å². The summed E-state index contributed by atoms with van der Waals surface area (Å²) in [5.41, 5.74) is 3.50. The second kappa shape index (κ2) is 2.96. The smallest absolute Gasteiger partial charge is 0.210 e. The molecule has 0 aliphatic rings. The van der Waals surface area contributed by atoms with E-state index in [2.05, 4.69) is 23.9 Å². The molecule has 0 amide bonds. The SMILES string of the molecule is Cc1nn(-c2nccs2)c(C)c1C. The summed E-state index contributed by atoms with van der Waals surface area (Å²) in [7, 11) is 0. The van der Waals surface area contributed by atoms with Crippen LogP contribution in [0.4, 0.5) is 0 Å². The monoisotopic (exact) mass is 193 g/mol. The van der Waals surface area contributed by atoms with Gasteiger partial charge in [0.1, 0.15) is 0 Å². The fourth-order valence-electron chi connectivity index (χ4n) is 1.23. The number of nitrogens with zero attached hydrogens (tertiary/aromatic N) is 3. The summed E-state index contributed by atoms with van der Waals surface area (Å²) in [6.07, 6.45) is 1.80. The maximum absolute atomic E-state index is 4.42. The van der Waals surface area contributed by atoms with Gasteiger partial charge in [0.25, 0.3) is 0 Å². The second-order valence-corrected chi connectivity index (χ2v) is 3.90. The first-order valence-electron chi connectivity index (χ1n) is 4.13. The van der Waals surface area contributed by atoms with Crippen LogP contribution < -0.4 is 0 Å². The van der Waals surface area contributed by atoms with Gasteiger partial charge in [-0.25, -0.2) is 9.67 Å². The van der Waals surface area contributed by atoms with Crippen LogP contribution in [-0.2, 0) is 0 Å². The van der Waals surface area contributed by atoms with Crippen molar-refractivity contribution in [3.63, 3.8) is 0 Å². The van der Waals surface area contributed by atoms with Gasteiger partial charge in [-0.05, 0) is 26.3 Å². The Balaban J connectivity index is 2.59. The average Bonchev–Trinajstić information content (AvgIpc) is 2.70. The molecule has 2 aromatic rings. The minimum atomic E-state index is 0.939. The van der Waals surface area contributed by atoms with E-state index in [9.17, 15) is 0 Å². The molecular weight excluding hydrogens is 182 g/mol. The number of hydrogen-bond acceptors (Lipinski definition) is 3. The fraction of sp³-hybridized carbons (Fsp3) is 0.333. The largest absolute Gasteiger partial charge is 0.227 e. The van der Waals surface area contributed by atoms with Crippen LogP contribution in [0.3, 0.4) is 0 Å². The summed E-state index contributed by atoms with van der Waals surface area (Å²) in [6.45, 7) is 6.17. The molecule has 0 fully saturated rings. The van der Waals surface area contributed by atoms with Crippen molar-refractivity contribution in [2.75, 3.05) is 0 Å². The molecular formula is C9H11N3S. The first kappa shape index (κ1) is 8.44. The lowest BCUT2D eigenvalue weighted by Gasteiger charge is -1.97. The van der Waals surface area contributed by atoms with E-state index in [0.717, 1.165) is 10.8 Å². The Hall–Kier alpha value is -1.16. The number of hydrogen-bond donors (Lipinski definition) is 0. The predicted octanol–water partition coefficient (Wildman–Crippen LogP) is 2.25. The maximum atomic E-state index is 4.42. The topological polar surface area (TPSA) is 30.7 Å². The molecule has 13 heavy (non-hydrogen) atoms. The zero-order chi connectivity index (χ0) is 9.42. The quantitative estimate of drug-likeness (QED) is 0.695. The molecule has 0 aliphatic heterocycles. The molecule has 0 unspecified atom stereocenters. The number of thiazole rings is 1. The number of aromatic nitrogens is 3. The van der Waals surface area contributed by atoms with E-state index >= 15 is 0 Å². The minimum Gasteiger partial charge on any atom is -0.227 e. The van der Waals surface area contributed by atoms with E-state index < -0.39 is 0 Å². The van der Waals surface area contributed by atoms with Gasteiger partial charge in [-0.3, -0.25) is 0 Å². The van der Waals surface area contributed by atoms with Gasteiger partial charge in [-0.1, -0.05) is 0 Å². The van der Waals surface area contributed by atoms with Crippen LogP contribution in [0.1, 0.15) is 17.0 Å². The van der Waals surface area contributed by atoms with Crippen molar-refractivity contribution < 1.29 is 0 Å². The molecule has 2 heterocycles. The Morgan fingerprint density at radius 1 is 1.31 bits per heavy atom. The molecule has 68 valence electrons. The van der Waals surface area contributed by atoms with Gasteiger partial charge in [-0.2, -0.15) is 5.10 Å².